The molecule has 9 nitrogen and oxygen atoms in total. The van der Waals surface area contributed by atoms with E-state index in [1.54, 1.807) is 31.5 Å². The van der Waals surface area contributed by atoms with E-state index >= 15 is 4.39 Å². The first kappa shape index (κ1) is 31.2. The maximum atomic E-state index is 15.3. The number of carbonyl (C=O) groups excluding carboxylic acids is 2. The summed E-state index contributed by atoms with van der Waals surface area (Å²) in [5, 5.41) is 6.07. The zero-order chi connectivity index (χ0) is 32.4. The van der Waals surface area contributed by atoms with Crippen LogP contribution in [0.4, 0.5) is 20.2 Å². The summed E-state index contributed by atoms with van der Waals surface area (Å²) >= 11 is 0. The number of hydrogen-bond acceptors (Lipinski definition) is 7. The Balaban J connectivity index is 1.13. The number of hydrogen-bond donors (Lipinski definition) is 2. The molecule has 1 saturated carbocycles. The lowest BCUT2D eigenvalue weighted by atomic mass is 10.0. The predicted octanol–water partition coefficient (Wildman–Crippen LogP) is 6.97. The quantitative estimate of drug-likeness (QED) is 0.195. The SMILES string of the molecule is COc1cc2nccc(Oc3ccc(NC(=O)[C@H]4[C@@H](C(=O)Nc5ccc(F)cc5)C4(C)C)cc3F)c2cc1OCC1CCOCC1. The van der Waals surface area contributed by atoms with Crippen LogP contribution >= 0.6 is 0 Å². The summed E-state index contributed by atoms with van der Waals surface area (Å²) in [5.74, 6) is -1.32. The molecule has 1 aliphatic carbocycles. The summed E-state index contributed by atoms with van der Waals surface area (Å²) in [6.07, 6.45) is 3.41. The average Bonchev–Trinajstić information content (AvgIpc) is 3.64. The molecule has 2 heterocycles. The molecule has 1 aliphatic heterocycles. The Morgan fingerprint density at radius 3 is 2.22 bits per heavy atom. The average molecular weight is 632 g/mol. The van der Waals surface area contributed by atoms with Crippen LogP contribution in [0.25, 0.3) is 10.9 Å². The molecule has 2 amide bonds. The van der Waals surface area contributed by atoms with Gasteiger partial charge in [0.2, 0.25) is 11.8 Å². The van der Waals surface area contributed by atoms with Gasteiger partial charge in [0.15, 0.2) is 23.1 Å². The normalized spacial score (nSPS) is 18.9. The van der Waals surface area contributed by atoms with Crippen LogP contribution in [-0.4, -0.2) is 43.7 Å². The van der Waals surface area contributed by atoms with Crippen molar-refractivity contribution in [1.82, 2.24) is 4.98 Å². The van der Waals surface area contributed by atoms with Gasteiger partial charge in [-0.2, -0.15) is 0 Å². The summed E-state index contributed by atoms with van der Waals surface area (Å²) in [4.78, 5) is 30.4. The minimum Gasteiger partial charge on any atom is -0.493 e. The van der Waals surface area contributed by atoms with Gasteiger partial charge in [-0.25, -0.2) is 8.78 Å². The van der Waals surface area contributed by atoms with Crippen LogP contribution in [-0.2, 0) is 14.3 Å². The molecule has 46 heavy (non-hydrogen) atoms. The summed E-state index contributed by atoms with van der Waals surface area (Å²) in [6, 6.07) is 14.7. The number of ether oxygens (including phenoxy) is 4. The highest BCUT2D eigenvalue weighted by molar-refractivity contribution is 6.04. The molecule has 2 N–H and O–H groups in total. The van der Waals surface area contributed by atoms with E-state index in [4.69, 9.17) is 18.9 Å². The van der Waals surface area contributed by atoms with E-state index in [2.05, 4.69) is 15.6 Å². The lowest BCUT2D eigenvalue weighted by molar-refractivity contribution is -0.122. The molecule has 0 unspecified atom stereocenters. The first-order valence-electron chi connectivity index (χ1n) is 15.2. The number of carbonyl (C=O) groups is 2. The molecule has 0 radical (unpaired) electrons. The Morgan fingerprint density at radius 1 is 0.870 bits per heavy atom. The molecular formula is C35H35F2N3O6. The van der Waals surface area contributed by atoms with Crippen molar-refractivity contribution in [2.45, 2.75) is 26.7 Å². The third-order valence-corrected chi connectivity index (χ3v) is 8.73. The number of nitrogens with one attached hydrogen (secondary N) is 2. The van der Waals surface area contributed by atoms with Gasteiger partial charge in [-0.15, -0.1) is 0 Å². The van der Waals surface area contributed by atoms with Crippen LogP contribution < -0.4 is 24.8 Å². The van der Waals surface area contributed by atoms with Crippen molar-refractivity contribution in [3.63, 3.8) is 0 Å². The van der Waals surface area contributed by atoms with Crippen molar-refractivity contribution in [2.75, 3.05) is 37.6 Å². The number of aromatic nitrogens is 1. The van der Waals surface area contributed by atoms with E-state index in [0.29, 0.717) is 59.6 Å². The molecule has 0 spiro atoms. The van der Waals surface area contributed by atoms with Crippen LogP contribution in [0.2, 0.25) is 0 Å². The highest BCUT2D eigenvalue weighted by Gasteiger charge is 2.65. The van der Waals surface area contributed by atoms with E-state index < -0.39 is 34.8 Å². The van der Waals surface area contributed by atoms with Gasteiger partial charge in [0.1, 0.15) is 11.6 Å². The Morgan fingerprint density at radius 2 is 1.54 bits per heavy atom. The zero-order valence-electron chi connectivity index (χ0n) is 25.8. The number of amides is 2. The summed E-state index contributed by atoms with van der Waals surface area (Å²) < 4.78 is 51.6. The van der Waals surface area contributed by atoms with Gasteiger partial charge in [-0.05, 0) is 72.7 Å². The minimum atomic E-state index is -0.687. The number of anilines is 2. The van der Waals surface area contributed by atoms with E-state index in [1.165, 1.54) is 42.5 Å². The van der Waals surface area contributed by atoms with Crippen molar-refractivity contribution in [1.29, 1.82) is 0 Å². The molecular weight excluding hydrogens is 596 g/mol. The molecule has 3 aromatic carbocycles. The number of benzene rings is 3. The molecule has 6 rings (SSSR count). The maximum Gasteiger partial charge on any atom is 0.228 e. The van der Waals surface area contributed by atoms with Gasteiger partial charge >= 0.3 is 0 Å². The van der Waals surface area contributed by atoms with E-state index in [-0.39, 0.29) is 17.3 Å². The summed E-state index contributed by atoms with van der Waals surface area (Å²) in [6.45, 7) is 5.59. The molecule has 0 bridgehead atoms. The van der Waals surface area contributed by atoms with Crippen molar-refractivity contribution in [3.8, 4) is 23.0 Å². The highest BCUT2D eigenvalue weighted by atomic mass is 19.1. The third-order valence-electron chi connectivity index (χ3n) is 8.73. The standard InChI is InChI=1S/C35H35F2N3O6/c1-35(2)31(33(41)39-22-6-4-21(36)5-7-22)32(35)34(42)40-23-8-9-28(25(37)16-23)46-27-10-13-38-26-18-29(43-3)30(17-24(26)27)45-19-20-11-14-44-15-12-20/h4-10,13,16-18,20,31-32H,11-12,14-15,19H2,1-3H3,(H,39,41)(H,40,42)/t31-,32+/m0/s1. The molecule has 1 aromatic heterocycles. The topological polar surface area (TPSA) is 108 Å². The fourth-order valence-corrected chi connectivity index (χ4v) is 5.98. The Kier molecular flexibility index (Phi) is 8.77. The fraction of sp³-hybridized carbons (Fsp3) is 0.343. The number of methoxy groups -OCH3 is 1. The van der Waals surface area contributed by atoms with Crippen molar-refractivity contribution in [3.05, 3.63) is 78.5 Å². The summed E-state index contributed by atoms with van der Waals surface area (Å²) in [5.41, 5.74) is 0.630. The Bertz CT molecular complexity index is 1760. The number of nitrogens with zero attached hydrogens (tertiary/aromatic N) is 1. The lowest BCUT2D eigenvalue weighted by Crippen LogP contribution is -2.21. The van der Waals surface area contributed by atoms with E-state index in [0.717, 1.165) is 12.8 Å². The van der Waals surface area contributed by atoms with E-state index in [9.17, 15) is 14.0 Å². The molecule has 4 aromatic rings. The van der Waals surface area contributed by atoms with Crippen molar-refractivity contribution in [2.24, 2.45) is 23.2 Å². The second-order valence-electron chi connectivity index (χ2n) is 12.2. The monoisotopic (exact) mass is 631 g/mol. The van der Waals surface area contributed by atoms with Gasteiger partial charge in [-0.3, -0.25) is 14.6 Å². The highest BCUT2D eigenvalue weighted by Crippen LogP contribution is 2.59. The predicted molar refractivity (Wildman–Crippen MR) is 168 cm³/mol. The fourth-order valence-electron chi connectivity index (χ4n) is 5.98. The van der Waals surface area contributed by atoms with Crippen LogP contribution in [0.3, 0.4) is 0 Å². The second kappa shape index (κ2) is 12.9. The maximum absolute atomic E-state index is 15.3. The van der Waals surface area contributed by atoms with Gasteiger partial charge in [0, 0.05) is 48.3 Å². The minimum absolute atomic E-state index is 0.0469. The zero-order valence-corrected chi connectivity index (χ0v) is 25.8. The Labute approximate surface area is 265 Å². The van der Waals surface area contributed by atoms with Crippen LogP contribution in [0.15, 0.2) is 66.9 Å². The molecule has 2 atom stereocenters. The van der Waals surface area contributed by atoms with Crippen LogP contribution in [0.1, 0.15) is 26.7 Å². The number of halogens is 2. The smallest absolute Gasteiger partial charge is 0.228 e. The van der Waals surface area contributed by atoms with Gasteiger partial charge in [0.05, 0.1) is 31.1 Å². The van der Waals surface area contributed by atoms with Crippen molar-refractivity contribution >= 4 is 34.1 Å². The van der Waals surface area contributed by atoms with Crippen molar-refractivity contribution < 1.29 is 37.3 Å². The Hall–Kier alpha value is -4.77. The molecule has 11 heteroatoms. The lowest BCUT2D eigenvalue weighted by Gasteiger charge is -2.22. The molecule has 2 fully saturated rings. The molecule has 2 aliphatic rings. The number of fused-ring (bicyclic) bond motifs is 1. The third kappa shape index (κ3) is 6.60. The first-order valence-corrected chi connectivity index (χ1v) is 15.2. The van der Waals surface area contributed by atoms with Crippen LogP contribution in [0.5, 0.6) is 23.0 Å². The summed E-state index contributed by atoms with van der Waals surface area (Å²) in [7, 11) is 1.56. The molecule has 240 valence electrons. The van der Waals surface area contributed by atoms with Gasteiger partial charge in [-0.1, -0.05) is 13.8 Å². The van der Waals surface area contributed by atoms with Gasteiger partial charge in [0.25, 0.3) is 0 Å². The second-order valence-corrected chi connectivity index (χ2v) is 12.2. The first-order chi connectivity index (χ1) is 22.1. The van der Waals surface area contributed by atoms with Crippen LogP contribution in [0, 0.1) is 34.8 Å². The van der Waals surface area contributed by atoms with Gasteiger partial charge < -0.3 is 29.6 Å². The van der Waals surface area contributed by atoms with E-state index in [1.807, 2.05) is 13.8 Å². The largest absolute Gasteiger partial charge is 0.493 e. The number of rotatable bonds is 10. The number of pyridine rings is 1. The molecule has 1 saturated heterocycles.